The molecule has 1 aliphatic heterocycles. The summed E-state index contributed by atoms with van der Waals surface area (Å²) in [6.45, 7) is 4.35. The van der Waals surface area contributed by atoms with Crippen molar-refractivity contribution >= 4 is 32.9 Å². The maximum absolute atomic E-state index is 13.4. The van der Waals surface area contributed by atoms with Gasteiger partial charge in [0.25, 0.3) is 10.0 Å². The molecular weight excluding hydrogens is 437 g/mol. The van der Waals surface area contributed by atoms with Gasteiger partial charge in [0.1, 0.15) is 5.82 Å². The average molecular weight is 462 g/mol. The molecule has 7 nitrogen and oxygen atoms in total. The summed E-state index contributed by atoms with van der Waals surface area (Å²) in [5, 5.41) is 1.59. The number of aromatic nitrogens is 2. The van der Waals surface area contributed by atoms with Crippen LogP contribution in [-0.4, -0.2) is 49.5 Å². The third-order valence-corrected chi connectivity index (χ3v) is 7.31. The van der Waals surface area contributed by atoms with E-state index in [0.717, 1.165) is 36.3 Å². The largest absolute Gasteiger partial charge is 0.369 e. The van der Waals surface area contributed by atoms with Crippen molar-refractivity contribution in [1.29, 1.82) is 0 Å². The zero-order valence-electron chi connectivity index (χ0n) is 17.3. The molecular formula is C21H24FN5O2S2. The number of hydrogen-bond donors (Lipinski definition) is 1. The predicted molar refractivity (Wildman–Crippen MR) is 120 cm³/mol. The van der Waals surface area contributed by atoms with Crippen LogP contribution in [0.5, 0.6) is 0 Å². The molecule has 0 bridgehead atoms. The summed E-state index contributed by atoms with van der Waals surface area (Å²) in [6.07, 6.45) is 2.58. The molecule has 1 saturated heterocycles. The van der Waals surface area contributed by atoms with E-state index in [-0.39, 0.29) is 22.7 Å². The Morgan fingerprint density at radius 1 is 1.32 bits per heavy atom. The number of anilines is 2. The smallest absolute Gasteiger partial charge is 0.280 e. The first kappa shape index (κ1) is 21.7. The van der Waals surface area contributed by atoms with Crippen molar-refractivity contribution in [3.8, 4) is 0 Å². The van der Waals surface area contributed by atoms with Crippen LogP contribution in [0.25, 0.3) is 0 Å². The van der Waals surface area contributed by atoms with E-state index in [1.807, 2.05) is 20.0 Å². The first-order valence-corrected chi connectivity index (χ1v) is 12.3. The van der Waals surface area contributed by atoms with Crippen molar-refractivity contribution in [2.45, 2.75) is 31.0 Å². The van der Waals surface area contributed by atoms with Crippen molar-refractivity contribution in [1.82, 2.24) is 14.9 Å². The maximum Gasteiger partial charge on any atom is 0.280 e. The molecule has 3 heterocycles. The van der Waals surface area contributed by atoms with Gasteiger partial charge in [-0.05, 0) is 42.7 Å². The number of likely N-dealkylation sites (tertiary alicyclic amines) is 1. The van der Waals surface area contributed by atoms with E-state index < -0.39 is 10.0 Å². The van der Waals surface area contributed by atoms with Crippen LogP contribution in [-0.2, 0) is 16.6 Å². The highest BCUT2D eigenvalue weighted by atomic mass is 32.2. The molecule has 2 aromatic heterocycles. The number of nitrogens with one attached hydrogen (secondary N) is 1. The number of hydrogen-bond acceptors (Lipinski definition) is 7. The Morgan fingerprint density at radius 3 is 2.87 bits per heavy atom. The molecule has 0 saturated carbocycles. The summed E-state index contributed by atoms with van der Waals surface area (Å²) < 4.78 is 41.0. The fourth-order valence-electron chi connectivity index (χ4n) is 3.85. The van der Waals surface area contributed by atoms with Gasteiger partial charge in [0, 0.05) is 38.1 Å². The minimum Gasteiger partial charge on any atom is -0.369 e. The molecule has 1 atom stereocenters. The van der Waals surface area contributed by atoms with Gasteiger partial charge in [-0.15, -0.1) is 11.3 Å². The summed E-state index contributed by atoms with van der Waals surface area (Å²) in [5.74, 6) is 0.0707. The number of nitrogens with zero attached hydrogens (tertiary/aromatic N) is 4. The van der Waals surface area contributed by atoms with Crippen LogP contribution in [0.15, 0.2) is 52.4 Å². The van der Waals surface area contributed by atoms with E-state index in [1.54, 1.807) is 35.3 Å². The molecule has 1 fully saturated rings. The lowest BCUT2D eigenvalue weighted by molar-refractivity contribution is 0.325. The van der Waals surface area contributed by atoms with E-state index in [4.69, 9.17) is 0 Å². The van der Waals surface area contributed by atoms with E-state index in [0.29, 0.717) is 6.54 Å². The summed E-state index contributed by atoms with van der Waals surface area (Å²) in [6, 6.07) is 8.55. The summed E-state index contributed by atoms with van der Waals surface area (Å²) >= 11 is 1.31. The van der Waals surface area contributed by atoms with E-state index in [9.17, 15) is 12.8 Å². The average Bonchev–Trinajstić information content (AvgIpc) is 3.39. The molecule has 0 spiro atoms. The minimum atomic E-state index is -3.79. The standard InChI is InChI=1S/C21H24FN5O2S2/c1-15-8-21(31(28,29)25-20-13-30-14-24-20)23-10-19(15)26(2)18-6-7-27(12-18)11-16-4-3-5-17(22)9-16/h3-5,8-10,13-14,18,25H,6-7,11-12H2,1-2H3. The zero-order chi connectivity index (χ0) is 22.0. The fourth-order valence-corrected chi connectivity index (χ4v) is 5.43. The lowest BCUT2D eigenvalue weighted by Gasteiger charge is -2.28. The van der Waals surface area contributed by atoms with Gasteiger partial charge in [-0.3, -0.25) is 9.62 Å². The quantitative estimate of drug-likeness (QED) is 0.580. The Morgan fingerprint density at radius 2 is 2.16 bits per heavy atom. The highest BCUT2D eigenvalue weighted by molar-refractivity contribution is 7.92. The van der Waals surface area contributed by atoms with Gasteiger partial charge in [0.05, 0.1) is 17.4 Å². The van der Waals surface area contributed by atoms with Crippen LogP contribution in [0, 0.1) is 12.7 Å². The molecule has 10 heteroatoms. The Kier molecular flexibility index (Phi) is 6.22. The number of rotatable bonds is 7. The van der Waals surface area contributed by atoms with Crippen LogP contribution in [0.3, 0.4) is 0 Å². The van der Waals surface area contributed by atoms with E-state index in [2.05, 4.69) is 24.5 Å². The SMILES string of the molecule is Cc1cc(S(=O)(=O)Nc2cscn2)ncc1N(C)C1CCN(Cc2cccc(F)c2)C1. The van der Waals surface area contributed by atoms with Crippen molar-refractivity contribution in [2.75, 3.05) is 29.8 Å². The molecule has 0 amide bonds. The first-order chi connectivity index (χ1) is 14.8. The second-order valence-corrected chi connectivity index (χ2v) is 10.1. The topological polar surface area (TPSA) is 78.4 Å². The predicted octanol–water partition coefficient (Wildman–Crippen LogP) is 3.50. The molecule has 164 valence electrons. The van der Waals surface area contributed by atoms with Gasteiger partial charge in [-0.1, -0.05) is 12.1 Å². The van der Waals surface area contributed by atoms with Crippen LogP contribution in [0.4, 0.5) is 15.9 Å². The second kappa shape index (κ2) is 8.89. The molecule has 4 rings (SSSR count). The first-order valence-electron chi connectivity index (χ1n) is 9.89. The van der Waals surface area contributed by atoms with Gasteiger partial charge < -0.3 is 4.90 Å². The Balaban J connectivity index is 1.43. The zero-order valence-corrected chi connectivity index (χ0v) is 19.0. The van der Waals surface area contributed by atoms with Crippen LogP contribution in [0.2, 0.25) is 0 Å². The summed E-state index contributed by atoms with van der Waals surface area (Å²) in [5.41, 5.74) is 4.25. The molecule has 1 unspecified atom stereocenters. The number of sulfonamides is 1. The number of halogens is 1. The van der Waals surface area contributed by atoms with Gasteiger partial charge in [-0.25, -0.2) is 14.4 Å². The molecule has 1 N–H and O–H groups in total. The van der Waals surface area contributed by atoms with Crippen LogP contribution >= 0.6 is 11.3 Å². The third-order valence-electron chi connectivity index (χ3n) is 5.48. The summed E-state index contributed by atoms with van der Waals surface area (Å²) in [7, 11) is -1.79. The highest BCUT2D eigenvalue weighted by Crippen LogP contribution is 2.27. The maximum atomic E-state index is 13.4. The lowest BCUT2D eigenvalue weighted by atomic mass is 10.1. The highest BCUT2D eigenvalue weighted by Gasteiger charge is 2.27. The fraction of sp³-hybridized carbons (Fsp3) is 0.333. The molecule has 3 aromatic rings. The van der Waals surface area contributed by atoms with Crippen LogP contribution in [0.1, 0.15) is 17.5 Å². The molecule has 1 aromatic carbocycles. The van der Waals surface area contributed by atoms with Crippen molar-refractivity contribution in [3.05, 3.63) is 64.4 Å². The Labute approximate surface area is 185 Å². The van der Waals surface area contributed by atoms with Gasteiger partial charge >= 0.3 is 0 Å². The Hall–Kier alpha value is -2.56. The number of aryl methyl sites for hydroxylation is 1. The van der Waals surface area contributed by atoms with Crippen molar-refractivity contribution < 1.29 is 12.8 Å². The van der Waals surface area contributed by atoms with Crippen LogP contribution < -0.4 is 9.62 Å². The molecule has 31 heavy (non-hydrogen) atoms. The molecule has 0 aliphatic carbocycles. The number of thiazole rings is 1. The van der Waals surface area contributed by atoms with Gasteiger partial charge in [0.15, 0.2) is 10.8 Å². The monoisotopic (exact) mass is 461 g/mol. The number of benzene rings is 1. The lowest BCUT2D eigenvalue weighted by Crippen LogP contribution is -2.35. The minimum absolute atomic E-state index is 0.0331. The normalized spacial score (nSPS) is 17.1. The molecule has 1 aliphatic rings. The van der Waals surface area contributed by atoms with Crippen molar-refractivity contribution in [3.63, 3.8) is 0 Å². The van der Waals surface area contributed by atoms with E-state index >= 15 is 0 Å². The summed E-state index contributed by atoms with van der Waals surface area (Å²) in [4.78, 5) is 12.6. The molecule has 0 radical (unpaired) electrons. The van der Waals surface area contributed by atoms with Crippen molar-refractivity contribution in [2.24, 2.45) is 0 Å². The van der Waals surface area contributed by atoms with Gasteiger partial charge in [-0.2, -0.15) is 8.42 Å². The van der Waals surface area contributed by atoms with E-state index in [1.165, 1.54) is 17.4 Å². The second-order valence-electron chi connectivity index (χ2n) is 7.71. The van der Waals surface area contributed by atoms with Gasteiger partial charge in [0.2, 0.25) is 0 Å². The number of likely N-dealkylation sites (N-methyl/N-ethyl adjacent to an activating group) is 1. The number of pyridine rings is 1. The Bertz CT molecular complexity index is 1150. The third kappa shape index (κ3) is 5.03.